The number of allylic oxidation sites excluding steroid dienone is 1. The molecule has 0 aromatic rings. The van der Waals surface area contributed by atoms with Crippen molar-refractivity contribution in [2.75, 3.05) is 19.6 Å². The van der Waals surface area contributed by atoms with E-state index in [1.807, 2.05) is 20.8 Å². The first-order valence-corrected chi connectivity index (χ1v) is 12.9. The SMILES string of the molecule is C=C[C@@H](C)CC(=O)[C@H]1[C@@H](C)[C@H](O)[C@H](OC(=O)CN2CCCCC2)[C@H]2C(C)(C)CC[C@@H](O)[C@]12C. The average Bonchev–Trinajstić information content (AvgIpc) is 2.75. The average molecular weight is 464 g/mol. The van der Waals surface area contributed by atoms with E-state index >= 15 is 0 Å². The fraction of sp³-hybridized carbons (Fsp3) is 0.852. The smallest absolute Gasteiger partial charge is 0.320 e. The van der Waals surface area contributed by atoms with Gasteiger partial charge in [0.05, 0.1) is 18.8 Å². The quantitative estimate of drug-likeness (QED) is 0.443. The molecule has 2 saturated carbocycles. The lowest BCUT2D eigenvalue weighted by molar-refractivity contribution is -0.246. The number of fused-ring (bicyclic) bond motifs is 1. The molecule has 6 heteroatoms. The standard InChI is InChI=1S/C27H45NO5/c1-7-17(2)15-19(29)22-18(3)23(32)24(33-21(31)16-28-13-9-8-10-14-28)25-26(4,5)12-11-20(30)27(22,25)6/h7,17-18,20,22-25,30,32H,1,8-16H2,2-6H3/t17-,18-,20-,22-,23+,24+,25+,27-/m1/s1. The summed E-state index contributed by atoms with van der Waals surface area (Å²) in [5, 5.41) is 22.8. The van der Waals surface area contributed by atoms with E-state index in [-0.39, 0.29) is 35.5 Å². The van der Waals surface area contributed by atoms with Crippen LogP contribution in [-0.2, 0) is 14.3 Å². The topological polar surface area (TPSA) is 87.1 Å². The molecule has 33 heavy (non-hydrogen) atoms. The second-order valence-corrected chi connectivity index (χ2v) is 11.9. The third kappa shape index (κ3) is 5.08. The third-order valence-corrected chi connectivity index (χ3v) is 9.03. The van der Waals surface area contributed by atoms with Crippen LogP contribution in [0, 0.1) is 34.5 Å². The first-order chi connectivity index (χ1) is 15.4. The molecule has 0 radical (unpaired) electrons. The van der Waals surface area contributed by atoms with E-state index in [1.54, 1.807) is 6.08 Å². The minimum absolute atomic E-state index is 0.0257. The molecule has 1 saturated heterocycles. The van der Waals surface area contributed by atoms with Gasteiger partial charge in [0.2, 0.25) is 0 Å². The number of aliphatic hydroxyl groups is 2. The van der Waals surface area contributed by atoms with Crippen molar-refractivity contribution in [3.63, 3.8) is 0 Å². The predicted octanol–water partition coefficient (Wildman–Crippen LogP) is 3.60. The van der Waals surface area contributed by atoms with Crippen LogP contribution in [0.15, 0.2) is 12.7 Å². The van der Waals surface area contributed by atoms with Crippen LogP contribution in [0.2, 0.25) is 0 Å². The Morgan fingerprint density at radius 1 is 1.18 bits per heavy atom. The molecule has 3 aliphatic rings. The van der Waals surface area contributed by atoms with E-state index in [9.17, 15) is 19.8 Å². The molecule has 0 amide bonds. The molecule has 188 valence electrons. The number of carbonyl (C=O) groups is 2. The molecule has 0 aromatic carbocycles. The van der Waals surface area contributed by atoms with Gasteiger partial charge in [-0.15, -0.1) is 6.58 Å². The van der Waals surface area contributed by atoms with Crippen molar-refractivity contribution >= 4 is 11.8 Å². The van der Waals surface area contributed by atoms with Crippen LogP contribution >= 0.6 is 0 Å². The lowest BCUT2D eigenvalue weighted by Crippen LogP contribution is -2.68. The molecular weight excluding hydrogens is 418 g/mol. The monoisotopic (exact) mass is 463 g/mol. The van der Waals surface area contributed by atoms with Crippen LogP contribution in [-0.4, -0.2) is 64.8 Å². The Balaban J connectivity index is 1.93. The second-order valence-electron chi connectivity index (χ2n) is 11.9. The van der Waals surface area contributed by atoms with Crippen LogP contribution < -0.4 is 0 Å². The number of hydrogen-bond donors (Lipinski definition) is 2. The molecule has 2 aliphatic carbocycles. The van der Waals surface area contributed by atoms with Gasteiger partial charge >= 0.3 is 5.97 Å². The van der Waals surface area contributed by atoms with E-state index in [0.717, 1.165) is 32.4 Å². The maximum Gasteiger partial charge on any atom is 0.320 e. The summed E-state index contributed by atoms with van der Waals surface area (Å²) in [6.45, 7) is 15.9. The van der Waals surface area contributed by atoms with E-state index < -0.39 is 35.6 Å². The number of likely N-dealkylation sites (tertiary alicyclic amines) is 1. The zero-order valence-electron chi connectivity index (χ0n) is 21.3. The number of ether oxygens (including phenoxy) is 1. The highest BCUT2D eigenvalue weighted by Crippen LogP contribution is 2.62. The summed E-state index contributed by atoms with van der Waals surface area (Å²) < 4.78 is 6.06. The minimum Gasteiger partial charge on any atom is -0.458 e. The summed E-state index contributed by atoms with van der Waals surface area (Å²) in [5.74, 6) is -1.50. The Morgan fingerprint density at radius 2 is 1.82 bits per heavy atom. The van der Waals surface area contributed by atoms with Gasteiger partial charge in [-0.1, -0.05) is 47.1 Å². The van der Waals surface area contributed by atoms with Crippen molar-refractivity contribution in [1.29, 1.82) is 0 Å². The number of esters is 1. The number of ketones is 1. The number of hydrogen-bond acceptors (Lipinski definition) is 6. The first kappa shape index (κ1) is 26.4. The Hall–Kier alpha value is -1.24. The fourth-order valence-electron chi connectivity index (χ4n) is 7.28. The van der Waals surface area contributed by atoms with Gasteiger partial charge in [0.25, 0.3) is 0 Å². The van der Waals surface area contributed by atoms with Gasteiger partial charge in [-0.3, -0.25) is 14.5 Å². The van der Waals surface area contributed by atoms with Gasteiger partial charge in [0, 0.05) is 23.7 Å². The molecule has 1 aliphatic heterocycles. The molecular formula is C27H45NO5. The van der Waals surface area contributed by atoms with Crippen LogP contribution in [0.4, 0.5) is 0 Å². The van der Waals surface area contributed by atoms with Crippen molar-refractivity contribution in [3.8, 4) is 0 Å². The summed E-state index contributed by atoms with van der Waals surface area (Å²) in [4.78, 5) is 28.7. The first-order valence-electron chi connectivity index (χ1n) is 12.9. The second kappa shape index (κ2) is 10.2. The van der Waals surface area contributed by atoms with Gasteiger partial charge in [0.15, 0.2) is 0 Å². The molecule has 6 nitrogen and oxygen atoms in total. The molecule has 3 rings (SSSR count). The molecule has 8 atom stereocenters. The van der Waals surface area contributed by atoms with Crippen molar-refractivity contribution in [1.82, 2.24) is 4.90 Å². The zero-order chi connectivity index (χ0) is 24.6. The third-order valence-electron chi connectivity index (χ3n) is 9.03. The summed E-state index contributed by atoms with van der Waals surface area (Å²) >= 11 is 0. The minimum atomic E-state index is -0.953. The maximum atomic E-state index is 13.5. The summed E-state index contributed by atoms with van der Waals surface area (Å²) in [6, 6.07) is 0. The van der Waals surface area contributed by atoms with Gasteiger partial charge in [-0.05, 0) is 56.0 Å². The van der Waals surface area contributed by atoms with Gasteiger partial charge in [-0.25, -0.2) is 0 Å². The van der Waals surface area contributed by atoms with Crippen LogP contribution in [0.5, 0.6) is 0 Å². The van der Waals surface area contributed by atoms with E-state index in [4.69, 9.17) is 4.74 Å². The van der Waals surface area contributed by atoms with Crippen LogP contribution in [0.3, 0.4) is 0 Å². The van der Waals surface area contributed by atoms with E-state index in [1.165, 1.54) is 6.42 Å². The molecule has 0 bridgehead atoms. The van der Waals surface area contributed by atoms with Crippen molar-refractivity contribution in [2.45, 2.75) is 91.5 Å². The molecule has 0 unspecified atom stereocenters. The lowest BCUT2D eigenvalue weighted by Gasteiger charge is -2.63. The molecule has 2 N–H and O–H groups in total. The van der Waals surface area contributed by atoms with Crippen LogP contribution in [0.1, 0.15) is 73.1 Å². The zero-order valence-corrected chi connectivity index (χ0v) is 21.3. The van der Waals surface area contributed by atoms with Crippen LogP contribution in [0.25, 0.3) is 0 Å². The van der Waals surface area contributed by atoms with Gasteiger partial charge in [0.1, 0.15) is 11.9 Å². The maximum absolute atomic E-state index is 13.5. The predicted molar refractivity (Wildman–Crippen MR) is 128 cm³/mol. The molecule has 1 heterocycles. The van der Waals surface area contributed by atoms with Crippen molar-refractivity contribution in [2.24, 2.45) is 34.5 Å². The largest absolute Gasteiger partial charge is 0.458 e. The molecule has 0 spiro atoms. The number of rotatable bonds is 7. The highest BCUT2D eigenvalue weighted by atomic mass is 16.6. The van der Waals surface area contributed by atoms with E-state index in [2.05, 4.69) is 25.3 Å². The van der Waals surface area contributed by atoms with E-state index in [0.29, 0.717) is 12.8 Å². The normalized spacial score (nSPS) is 39.8. The highest BCUT2D eigenvalue weighted by Gasteiger charge is 2.66. The Labute approximate surface area is 199 Å². The Bertz CT molecular complexity index is 730. The number of nitrogens with zero attached hydrogens (tertiary/aromatic N) is 1. The summed E-state index contributed by atoms with van der Waals surface area (Å²) in [6.07, 6.45) is 4.43. The number of piperidine rings is 1. The lowest BCUT2D eigenvalue weighted by atomic mass is 9.43. The number of carbonyl (C=O) groups excluding carboxylic acids is 2. The molecule has 3 fully saturated rings. The Kier molecular flexibility index (Phi) is 8.12. The highest BCUT2D eigenvalue weighted by molar-refractivity contribution is 5.83. The van der Waals surface area contributed by atoms with Gasteiger partial charge < -0.3 is 14.9 Å². The summed E-state index contributed by atoms with van der Waals surface area (Å²) in [5.41, 5.74) is -1.08. The fourth-order valence-corrected chi connectivity index (χ4v) is 7.28. The molecule has 0 aromatic heterocycles. The number of aliphatic hydroxyl groups excluding tert-OH is 2. The van der Waals surface area contributed by atoms with Crippen molar-refractivity contribution < 1.29 is 24.5 Å². The van der Waals surface area contributed by atoms with Gasteiger partial charge in [-0.2, -0.15) is 0 Å². The number of Topliss-reactive ketones (excluding diaryl/α,β-unsaturated/α-hetero) is 1. The summed E-state index contributed by atoms with van der Waals surface area (Å²) in [7, 11) is 0. The Morgan fingerprint density at radius 3 is 2.42 bits per heavy atom. The van der Waals surface area contributed by atoms with Crippen molar-refractivity contribution in [3.05, 3.63) is 12.7 Å².